The summed E-state index contributed by atoms with van der Waals surface area (Å²) in [5.74, 6) is -1.04. The van der Waals surface area contributed by atoms with Gasteiger partial charge in [0.15, 0.2) is 5.79 Å². The molecule has 2 aromatic carbocycles. The molecule has 2 aliphatic rings. The lowest BCUT2D eigenvalue weighted by Gasteiger charge is -2.36. The minimum absolute atomic E-state index is 0.0905. The second-order valence-corrected chi connectivity index (χ2v) is 9.43. The lowest BCUT2D eigenvalue weighted by molar-refractivity contribution is -0.155. The van der Waals surface area contributed by atoms with E-state index in [2.05, 4.69) is 12.7 Å². The number of ether oxygens (including phenoxy) is 4. The average molecular weight is 475 g/mol. The molecule has 0 spiro atoms. The van der Waals surface area contributed by atoms with Gasteiger partial charge in [-0.25, -0.2) is 4.79 Å². The number of hydrogen-bond donors (Lipinski definition) is 0. The smallest absolute Gasteiger partial charge is 0.331 e. The largest absolute Gasteiger partial charge is 0.459 e. The number of fused-ring (bicyclic) bond motifs is 1. The monoisotopic (exact) mass is 474 g/mol. The van der Waals surface area contributed by atoms with Crippen LogP contribution in [0.15, 0.2) is 85.5 Å². The zero-order valence-electron chi connectivity index (χ0n) is 20.4. The quantitative estimate of drug-likeness (QED) is 0.255. The van der Waals surface area contributed by atoms with Gasteiger partial charge in [-0.05, 0) is 31.1 Å². The van der Waals surface area contributed by atoms with E-state index in [-0.39, 0.29) is 36.5 Å². The zero-order chi connectivity index (χ0) is 24.7. The Kier molecular flexibility index (Phi) is 8.34. The molecular formula is C30H34O5. The molecule has 0 N–H and O–H groups in total. The first-order valence-corrected chi connectivity index (χ1v) is 12.2. The van der Waals surface area contributed by atoms with Gasteiger partial charge in [-0.1, -0.05) is 78.9 Å². The van der Waals surface area contributed by atoms with Crippen LogP contribution >= 0.6 is 0 Å². The summed E-state index contributed by atoms with van der Waals surface area (Å²) in [6.45, 7) is 7.70. The first kappa shape index (κ1) is 25.1. The van der Waals surface area contributed by atoms with Gasteiger partial charge in [0.25, 0.3) is 0 Å². The molecule has 0 bridgehead atoms. The Hall–Kier alpha value is -2.99. The third kappa shape index (κ3) is 7.25. The SMILES string of the molecule is C=CC[C@H](C[C@@H]1C[C@H]2OC(C)(C)O[C@H]2[C@@H](/C=C/c2ccccc2)O1)OC(=O)/C=C/c1ccccc1. The number of rotatable bonds is 9. The van der Waals surface area contributed by atoms with E-state index in [0.717, 1.165) is 11.1 Å². The molecule has 2 saturated heterocycles. The molecule has 5 nitrogen and oxygen atoms in total. The van der Waals surface area contributed by atoms with Crippen LogP contribution in [0.2, 0.25) is 0 Å². The first-order valence-electron chi connectivity index (χ1n) is 12.2. The maximum atomic E-state index is 12.5. The number of hydrogen-bond acceptors (Lipinski definition) is 5. The van der Waals surface area contributed by atoms with Crippen LogP contribution < -0.4 is 0 Å². The highest BCUT2D eigenvalue weighted by Gasteiger charge is 2.49. The van der Waals surface area contributed by atoms with Crippen LogP contribution in [0.1, 0.15) is 44.2 Å². The van der Waals surface area contributed by atoms with Crippen molar-refractivity contribution in [1.82, 2.24) is 0 Å². The highest BCUT2D eigenvalue weighted by molar-refractivity contribution is 5.87. The molecule has 2 aliphatic heterocycles. The van der Waals surface area contributed by atoms with Crippen LogP contribution in [-0.4, -0.2) is 42.3 Å². The van der Waals surface area contributed by atoms with Crippen LogP contribution in [0.3, 0.4) is 0 Å². The van der Waals surface area contributed by atoms with Crippen molar-refractivity contribution >= 4 is 18.1 Å². The molecule has 4 rings (SSSR count). The van der Waals surface area contributed by atoms with Crippen molar-refractivity contribution in [2.24, 2.45) is 0 Å². The second kappa shape index (κ2) is 11.6. The molecular weight excluding hydrogens is 440 g/mol. The Morgan fingerprint density at radius 2 is 1.71 bits per heavy atom. The summed E-state index contributed by atoms with van der Waals surface area (Å²) in [4.78, 5) is 12.5. The summed E-state index contributed by atoms with van der Waals surface area (Å²) in [7, 11) is 0. The van der Waals surface area contributed by atoms with Gasteiger partial charge in [0.1, 0.15) is 18.3 Å². The van der Waals surface area contributed by atoms with Crippen LogP contribution in [0.25, 0.3) is 12.2 Å². The number of carbonyl (C=O) groups is 1. The summed E-state index contributed by atoms with van der Waals surface area (Å²) < 4.78 is 24.6. The van der Waals surface area contributed by atoms with Crippen molar-refractivity contribution in [2.75, 3.05) is 0 Å². The van der Waals surface area contributed by atoms with Crippen LogP contribution in [0.4, 0.5) is 0 Å². The molecule has 0 amide bonds. The van der Waals surface area contributed by atoms with E-state index in [4.69, 9.17) is 18.9 Å². The summed E-state index contributed by atoms with van der Waals surface area (Å²) in [6.07, 6.45) is 9.84. The molecule has 184 valence electrons. The Bertz CT molecular complexity index is 1030. The number of esters is 1. The van der Waals surface area contributed by atoms with E-state index in [9.17, 15) is 4.79 Å². The summed E-state index contributed by atoms with van der Waals surface area (Å²) >= 11 is 0. The maximum Gasteiger partial charge on any atom is 0.331 e. The van der Waals surface area contributed by atoms with Crippen molar-refractivity contribution in [3.05, 3.63) is 96.6 Å². The van der Waals surface area contributed by atoms with E-state index in [0.29, 0.717) is 19.3 Å². The van der Waals surface area contributed by atoms with Crippen molar-refractivity contribution in [3.8, 4) is 0 Å². The van der Waals surface area contributed by atoms with Gasteiger partial charge in [0.2, 0.25) is 0 Å². The zero-order valence-corrected chi connectivity index (χ0v) is 20.4. The standard InChI is InChI=1S/C30H34O5/c1-4-11-24(33-28(31)19-17-23-14-9-6-10-15-23)20-25-21-27-29(35-30(2,3)34-27)26(32-25)18-16-22-12-7-5-8-13-22/h4-10,12-19,24-27,29H,1,11,20-21H2,2-3H3/b18-16+,19-17+/t24-,25-,26-,27-,29+/m1/s1. The Morgan fingerprint density at radius 1 is 1.06 bits per heavy atom. The van der Waals surface area contributed by atoms with E-state index in [1.54, 1.807) is 12.2 Å². The molecule has 5 atom stereocenters. The normalized spacial score (nSPS) is 26.5. The molecule has 2 aromatic rings. The van der Waals surface area contributed by atoms with E-state index in [1.807, 2.05) is 80.6 Å². The maximum absolute atomic E-state index is 12.5. The fourth-order valence-electron chi connectivity index (χ4n) is 4.62. The lowest BCUT2D eigenvalue weighted by Crippen LogP contribution is -2.46. The highest BCUT2D eigenvalue weighted by Crippen LogP contribution is 2.39. The molecule has 5 heteroatoms. The lowest BCUT2D eigenvalue weighted by atomic mass is 9.93. The van der Waals surface area contributed by atoms with Gasteiger partial charge in [-0.2, -0.15) is 0 Å². The second-order valence-electron chi connectivity index (χ2n) is 9.43. The summed E-state index contributed by atoms with van der Waals surface area (Å²) in [6, 6.07) is 19.8. The van der Waals surface area contributed by atoms with Gasteiger partial charge in [0.05, 0.1) is 12.2 Å². The van der Waals surface area contributed by atoms with Crippen molar-refractivity contribution in [1.29, 1.82) is 0 Å². The highest BCUT2D eigenvalue weighted by atomic mass is 16.8. The minimum atomic E-state index is -0.665. The fourth-order valence-corrected chi connectivity index (χ4v) is 4.62. The first-order chi connectivity index (χ1) is 16.9. The molecule has 0 saturated carbocycles. The van der Waals surface area contributed by atoms with Crippen LogP contribution in [0, 0.1) is 0 Å². The molecule has 2 heterocycles. The third-order valence-electron chi connectivity index (χ3n) is 6.12. The molecule has 0 radical (unpaired) electrons. The molecule has 0 unspecified atom stereocenters. The number of carbonyl (C=O) groups excluding carboxylic acids is 1. The van der Waals surface area contributed by atoms with Gasteiger partial charge in [-0.15, -0.1) is 6.58 Å². The Morgan fingerprint density at radius 3 is 2.37 bits per heavy atom. The predicted molar refractivity (Wildman–Crippen MR) is 137 cm³/mol. The average Bonchev–Trinajstić information content (AvgIpc) is 3.16. The molecule has 0 aromatic heterocycles. The Balaban J connectivity index is 1.42. The summed E-state index contributed by atoms with van der Waals surface area (Å²) in [5, 5.41) is 0. The van der Waals surface area contributed by atoms with E-state index in [1.165, 1.54) is 6.08 Å². The van der Waals surface area contributed by atoms with Gasteiger partial charge >= 0.3 is 5.97 Å². The van der Waals surface area contributed by atoms with Crippen LogP contribution in [-0.2, 0) is 23.7 Å². The van der Waals surface area contributed by atoms with Gasteiger partial charge in [-0.3, -0.25) is 0 Å². The van der Waals surface area contributed by atoms with Crippen molar-refractivity contribution in [2.45, 2.75) is 69.4 Å². The predicted octanol–water partition coefficient (Wildman–Crippen LogP) is 5.97. The number of benzene rings is 2. The molecule has 0 aliphatic carbocycles. The molecule has 2 fully saturated rings. The molecule has 35 heavy (non-hydrogen) atoms. The minimum Gasteiger partial charge on any atom is -0.459 e. The topological polar surface area (TPSA) is 54.0 Å². The third-order valence-corrected chi connectivity index (χ3v) is 6.12. The Labute approximate surface area is 208 Å². The summed E-state index contributed by atoms with van der Waals surface area (Å²) in [5.41, 5.74) is 2.04. The van der Waals surface area contributed by atoms with Crippen molar-refractivity contribution < 1.29 is 23.7 Å². The van der Waals surface area contributed by atoms with Gasteiger partial charge < -0.3 is 18.9 Å². The fraction of sp³-hybridized carbons (Fsp3) is 0.367. The van der Waals surface area contributed by atoms with Gasteiger partial charge in [0, 0.05) is 25.3 Å². The van der Waals surface area contributed by atoms with Crippen LogP contribution in [0.5, 0.6) is 0 Å². The van der Waals surface area contributed by atoms with E-state index >= 15 is 0 Å². The van der Waals surface area contributed by atoms with E-state index < -0.39 is 5.79 Å². The van der Waals surface area contributed by atoms with Crippen molar-refractivity contribution in [3.63, 3.8) is 0 Å².